The van der Waals surface area contributed by atoms with Gasteiger partial charge in [0.1, 0.15) is 11.6 Å². The molecule has 0 aliphatic heterocycles. The van der Waals surface area contributed by atoms with Gasteiger partial charge in [-0.1, -0.05) is 37.6 Å². The first-order valence-corrected chi connectivity index (χ1v) is 9.56. The van der Waals surface area contributed by atoms with Crippen LogP contribution >= 0.6 is 15.9 Å². The number of fused-ring (bicyclic) bond motifs is 1. The molecule has 0 radical (unpaired) electrons. The SMILES string of the molecule is C=C/C=C\C(=C/C)Nc1cc(NC2(CO)CCCC2)nc2c(Br)cnn12. The van der Waals surface area contributed by atoms with E-state index in [0.29, 0.717) is 5.65 Å². The monoisotopic (exact) mass is 417 g/mol. The van der Waals surface area contributed by atoms with Gasteiger partial charge in [-0.2, -0.15) is 9.61 Å². The molecule has 2 aromatic heterocycles. The zero-order chi connectivity index (χ0) is 18.6. The molecule has 1 aliphatic carbocycles. The third kappa shape index (κ3) is 3.83. The van der Waals surface area contributed by atoms with Crippen LogP contribution < -0.4 is 10.6 Å². The van der Waals surface area contributed by atoms with Crippen molar-refractivity contribution in [2.75, 3.05) is 17.2 Å². The largest absolute Gasteiger partial charge is 0.394 e. The van der Waals surface area contributed by atoms with Crippen LogP contribution in [0, 0.1) is 0 Å². The summed E-state index contributed by atoms with van der Waals surface area (Å²) in [5.41, 5.74) is 1.35. The maximum Gasteiger partial charge on any atom is 0.173 e. The molecule has 2 heterocycles. The minimum absolute atomic E-state index is 0.102. The number of hydrogen-bond donors (Lipinski definition) is 3. The summed E-state index contributed by atoms with van der Waals surface area (Å²) in [4.78, 5) is 4.68. The van der Waals surface area contributed by atoms with Crippen molar-refractivity contribution >= 4 is 33.2 Å². The number of nitrogens with zero attached hydrogens (tertiary/aromatic N) is 3. The number of nitrogens with one attached hydrogen (secondary N) is 2. The molecule has 138 valence electrons. The van der Waals surface area contributed by atoms with Crippen molar-refractivity contribution in [3.05, 3.63) is 53.3 Å². The highest BCUT2D eigenvalue weighted by Crippen LogP contribution is 2.33. The van der Waals surface area contributed by atoms with E-state index in [1.807, 2.05) is 31.2 Å². The third-order valence-corrected chi connectivity index (χ3v) is 5.24. The van der Waals surface area contributed by atoms with E-state index < -0.39 is 0 Å². The van der Waals surface area contributed by atoms with Gasteiger partial charge in [0.25, 0.3) is 0 Å². The molecule has 0 unspecified atom stereocenters. The molecule has 1 saturated carbocycles. The Bertz CT molecular complexity index is 849. The van der Waals surface area contributed by atoms with Gasteiger partial charge in [0.15, 0.2) is 5.65 Å². The predicted octanol–water partition coefficient (Wildman–Crippen LogP) is 4.27. The summed E-state index contributed by atoms with van der Waals surface area (Å²) < 4.78 is 2.57. The number of rotatable bonds is 7. The van der Waals surface area contributed by atoms with Gasteiger partial charge in [0.2, 0.25) is 0 Å². The second kappa shape index (κ2) is 8.05. The quantitative estimate of drug-likeness (QED) is 0.586. The normalized spacial score (nSPS) is 17.1. The zero-order valence-electron chi connectivity index (χ0n) is 14.9. The van der Waals surface area contributed by atoms with Gasteiger partial charge in [-0.15, -0.1) is 0 Å². The lowest BCUT2D eigenvalue weighted by Crippen LogP contribution is -2.39. The van der Waals surface area contributed by atoms with Gasteiger partial charge in [0.05, 0.1) is 22.8 Å². The summed E-state index contributed by atoms with van der Waals surface area (Å²) in [6.07, 6.45) is 13.4. The van der Waals surface area contributed by atoms with E-state index >= 15 is 0 Å². The summed E-state index contributed by atoms with van der Waals surface area (Å²) in [5.74, 6) is 1.51. The molecule has 7 heteroatoms. The summed E-state index contributed by atoms with van der Waals surface area (Å²) in [6.45, 7) is 5.77. The van der Waals surface area contributed by atoms with Crippen LogP contribution in [0.5, 0.6) is 0 Å². The highest BCUT2D eigenvalue weighted by molar-refractivity contribution is 9.10. The van der Waals surface area contributed by atoms with E-state index in [1.54, 1.807) is 16.8 Å². The van der Waals surface area contributed by atoms with Crippen molar-refractivity contribution in [1.29, 1.82) is 0 Å². The van der Waals surface area contributed by atoms with E-state index in [9.17, 15) is 5.11 Å². The van der Waals surface area contributed by atoms with Crippen LogP contribution in [0.4, 0.5) is 11.6 Å². The van der Waals surface area contributed by atoms with E-state index in [1.165, 1.54) is 0 Å². The lowest BCUT2D eigenvalue weighted by molar-refractivity contribution is 0.214. The highest BCUT2D eigenvalue weighted by Gasteiger charge is 2.33. The fourth-order valence-electron chi connectivity index (χ4n) is 3.26. The molecule has 3 rings (SSSR count). The Morgan fingerprint density at radius 2 is 2.23 bits per heavy atom. The minimum atomic E-state index is -0.290. The van der Waals surface area contributed by atoms with E-state index in [4.69, 9.17) is 0 Å². The fourth-order valence-corrected chi connectivity index (χ4v) is 3.61. The molecule has 2 aromatic rings. The molecule has 26 heavy (non-hydrogen) atoms. The molecular formula is C19H24BrN5O. The van der Waals surface area contributed by atoms with Gasteiger partial charge in [-0.05, 0) is 41.8 Å². The first kappa shape index (κ1) is 18.7. The molecule has 0 saturated heterocycles. The Kier molecular flexibility index (Phi) is 5.78. The fraction of sp³-hybridized carbons (Fsp3) is 0.368. The van der Waals surface area contributed by atoms with Crippen LogP contribution in [0.1, 0.15) is 32.6 Å². The molecule has 0 spiro atoms. The molecule has 1 aliphatic rings. The van der Waals surface area contributed by atoms with Crippen molar-refractivity contribution in [3.8, 4) is 0 Å². The molecular weight excluding hydrogens is 394 g/mol. The maximum atomic E-state index is 9.90. The van der Waals surface area contributed by atoms with Crippen molar-refractivity contribution in [2.45, 2.75) is 38.1 Å². The third-order valence-electron chi connectivity index (χ3n) is 4.68. The van der Waals surface area contributed by atoms with Gasteiger partial charge in [-0.3, -0.25) is 0 Å². The van der Waals surface area contributed by atoms with Crippen LogP contribution in [-0.2, 0) is 0 Å². The molecule has 6 nitrogen and oxygen atoms in total. The number of allylic oxidation sites excluding steroid dienone is 4. The predicted molar refractivity (Wildman–Crippen MR) is 109 cm³/mol. The van der Waals surface area contributed by atoms with E-state index in [0.717, 1.165) is 47.5 Å². The van der Waals surface area contributed by atoms with Gasteiger partial charge in [0, 0.05) is 11.8 Å². The smallest absolute Gasteiger partial charge is 0.173 e. The second-order valence-corrected chi connectivity index (χ2v) is 7.34. The molecule has 1 fully saturated rings. The average Bonchev–Trinajstić information content (AvgIpc) is 3.26. The molecule has 0 aromatic carbocycles. The summed E-state index contributed by atoms with van der Waals surface area (Å²) in [5, 5.41) is 21.1. The van der Waals surface area contributed by atoms with Crippen molar-refractivity contribution in [2.24, 2.45) is 0 Å². The first-order chi connectivity index (χ1) is 12.6. The van der Waals surface area contributed by atoms with Gasteiger partial charge in [-0.25, -0.2) is 4.98 Å². The Morgan fingerprint density at radius 1 is 1.46 bits per heavy atom. The second-order valence-electron chi connectivity index (χ2n) is 6.49. The standard InChI is InChI=1S/C19H24BrN5O/c1-3-5-8-14(4-2)22-17-11-16(23-18-15(20)12-21-25(17)18)24-19(13-26)9-6-7-10-19/h3-5,8,11-12,22,26H,1,6-7,9-10,13H2,2H3,(H,23,24)/b8-5-,14-4+. The minimum Gasteiger partial charge on any atom is -0.394 e. The topological polar surface area (TPSA) is 74.5 Å². The Morgan fingerprint density at radius 3 is 2.88 bits per heavy atom. The van der Waals surface area contributed by atoms with E-state index in [-0.39, 0.29) is 12.1 Å². The Balaban J connectivity index is 1.99. The number of aliphatic hydroxyl groups is 1. The van der Waals surface area contributed by atoms with Gasteiger partial charge >= 0.3 is 0 Å². The van der Waals surface area contributed by atoms with Crippen molar-refractivity contribution in [3.63, 3.8) is 0 Å². The first-order valence-electron chi connectivity index (χ1n) is 8.76. The van der Waals surface area contributed by atoms with Gasteiger partial charge < -0.3 is 15.7 Å². The number of anilines is 2. The number of hydrogen-bond acceptors (Lipinski definition) is 5. The van der Waals surface area contributed by atoms with Crippen LogP contribution in [0.25, 0.3) is 5.65 Å². The van der Waals surface area contributed by atoms with E-state index in [2.05, 4.69) is 43.2 Å². The van der Waals surface area contributed by atoms with Crippen LogP contribution in [0.2, 0.25) is 0 Å². The lowest BCUT2D eigenvalue weighted by Gasteiger charge is -2.29. The van der Waals surface area contributed by atoms with Crippen LogP contribution in [0.15, 0.2) is 53.3 Å². The Hall–Kier alpha value is -2.12. The summed E-state index contributed by atoms with van der Waals surface area (Å²) in [6, 6.07) is 1.92. The average molecular weight is 418 g/mol. The molecule has 0 bridgehead atoms. The van der Waals surface area contributed by atoms with Crippen molar-refractivity contribution < 1.29 is 5.11 Å². The lowest BCUT2D eigenvalue weighted by atomic mass is 9.99. The molecule has 0 atom stereocenters. The number of aromatic nitrogens is 3. The summed E-state index contributed by atoms with van der Waals surface area (Å²) >= 11 is 3.51. The summed E-state index contributed by atoms with van der Waals surface area (Å²) in [7, 11) is 0. The number of aliphatic hydroxyl groups excluding tert-OH is 1. The molecule has 3 N–H and O–H groups in total. The maximum absolute atomic E-state index is 9.90. The van der Waals surface area contributed by atoms with Crippen LogP contribution in [-0.4, -0.2) is 31.9 Å². The number of halogens is 1. The van der Waals surface area contributed by atoms with Crippen LogP contribution in [0.3, 0.4) is 0 Å². The Labute approximate surface area is 161 Å². The zero-order valence-corrected chi connectivity index (χ0v) is 16.5. The highest BCUT2D eigenvalue weighted by atomic mass is 79.9. The van der Waals surface area contributed by atoms with Crippen molar-refractivity contribution in [1.82, 2.24) is 14.6 Å². The molecule has 0 amide bonds.